The normalized spacial score (nSPS) is 11.2. The van der Waals surface area contributed by atoms with E-state index in [0.29, 0.717) is 22.3 Å². The zero-order chi connectivity index (χ0) is 15.1. The van der Waals surface area contributed by atoms with Crippen molar-refractivity contribution in [1.29, 1.82) is 0 Å². The van der Waals surface area contributed by atoms with Gasteiger partial charge in [0.05, 0.1) is 18.1 Å². The summed E-state index contributed by atoms with van der Waals surface area (Å²) in [6.07, 6.45) is 0.780. The van der Waals surface area contributed by atoms with E-state index in [1.165, 1.54) is 4.90 Å². The molecule has 0 fully saturated rings. The second-order valence-corrected chi connectivity index (χ2v) is 5.02. The lowest BCUT2D eigenvalue weighted by Crippen LogP contribution is -2.39. The van der Waals surface area contributed by atoms with E-state index in [0.717, 1.165) is 6.42 Å². The molecule has 0 aliphatic heterocycles. The van der Waals surface area contributed by atoms with Crippen LogP contribution in [0.3, 0.4) is 0 Å². The fourth-order valence-electron chi connectivity index (χ4n) is 1.73. The Morgan fingerprint density at radius 3 is 2.75 bits per heavy atom. The van der Waals surface area contributed by atoms with E-state index < -0.39 is 0 Å². The van der Waals surface area contributed by atoms with Gasteiger partial charge in [0.25, 0.3) is 5.91 Å². The lowest BCUT2D eigenvalue weighted by atomic mass is 10.2. The van der Waals surface area contributed by atoms with Gasteiger partial charge in [-0.25, -0.2) is 0 Å². The van der Waals surface area contributed by atoms with Gasteiger partial charge in [-0.05, 0) is 40.5 Å². The smallest absolute Gasteiger partial charge is 0.254 e. The summed E-state index contributed by atoms with van der Waals surface area (Å²) in [5.74, 6) is 0.473. The minimum absolute atomic E-state index is 0.000577. The highest BCUT2D eigenvalue weighted by molar-refractivity contribution is 9.10. The Morgan fingerprint density at radius 2 is 2.25 bits per heavy atom. The van der Waals surface area contributed by atoms with Gasteiger partial charge in [-0.2, -0.15) is 0 Å². The first kappa shape index (κ1) is 16.3. The van der Waals surface area contributed by atoms with Gasteiger partial charge in [0, 0.05) is 12.1 Å². The number of ether oxygens (including phenoxy) is 1. The molecule has 3 N–H and O–H groups in total. The second-order valence-electron chi connectivity index (χ2n) is 4.17. The maximum Gasteiger partial charge on any atom is 0.254 e. The maximum absolute atomic E-state index is 12.4. The lowest BCUT2D eigenvalue weighted by Gasteiger charge is -2.21. The van der Waals surface area contributed by atoms with Crippen molar-refractivity contribution in [2.75, 3.05) is 20.2 Å². The molecular weight excluding hydrogens is 326 g/mol. The predicted molar refractivity (Wildman–Crippen MR) is 80.3 cm³/mol. The SMILES string of the molecule is CCCN(CC(N)=NO)C(=O)c1ccc(OC)c(Br)c1. The van der Waals surface area contributed by atoms with Crippen LogP contribution in [0.25, 0.3) is 0 Å². The largest absolute Gasteiger partial charge is 0.496 e. The molecule has 0 heterocycles. The van der Waals surface area contributed by atoms with Gasteiger partial charge in [0.2, 0.25) is 0 Å². The molecule has 1 amide bonds. The molecule has 0 aliphatic rings. The highest BCUT2D eigenvalue weighted by Crippen LogP contribution is 2.26. The molecule has 7 heteroatoms. The molecule has 0 saturated heterocycles. The summed E-state index contributed by atoms with van der Waals surface area (Å²) in [7, 11) is 1.56. The van der Waals surface area contributed by atoms with E-state index in [-0.39, 0.29) is 18.3 Å². The van der Waals surface area contributed by atoms with Crippen LogP contribution >= 0.6 is 15.9 Å². The number of hydrogen-bond acceptors (Lipinski definition) is 4. The summed E-state index contributed by atoms with van der Waals surface area (Å²) < 4.78 is 5.83. The number of amidine groups is 1. The first-order chi connectivity index (χ1) is 9.53. The van der Waals surface area contributed by atoms with Crippen molar-refractivity contribution in [3.63, 3.8) is 0 Å². The van der Waals surface area contributed by atoms with Crippen molar-refractivity contribution in [2.24, 2.45) is 10.9 Å². The van der Waals surface area contributed by atoms with E-state index in [1.807, 2.05) is 6.92 Å². The molecule has 20 heavy (non-hydrogen) atoms. The Morgan fingerprint density at radius 1 is 1.55 bits per heavy atom. The first-order valence-electron chi connectivity index (χ1n) is 6.12. The van der Waals surface area contributed by atoms with Gasteiger partial charge >= 0.3 is 0 Å². The number of halogens is 1. The lowest BCUT2D eigenvalue weighted by molar-refractivity contribution is 0.0778. The zero-order valence-electron chi connectivity index (χ0n) is 11.5. The summed E-state index contributed by atoms with van der Waals surface area (Å²) >= 11 is 3.34. The minimum atomic E-state index is -0.179. The summed E-state index contributed by atoms with van der Waals surface area (Å²) in [5.41, 5.74) is 5.98. The Bertz CT molecular complexity index is 506. The van der Waals surface area contributed by atoms with Crippen LogP contribution < -0.4 is 10.5 Å². The van der Waals surface area contributed by atoms with Crippen LogP contribution in [0.4, 0.5) is 0 Å². The number of methoxy groups -OCH3 is 1. The molecular formula is C13H18BrN3O3. The average Bonchev–Trinajstić information content (AvgIpc) is 2.45. The number of carbonyl (C=O) groups is 1. The van der Waals surface area contributed by atoms with E-state index >= 15 is 0 Å². The Kier molecular flexibility index (Phi) is 6.30. The second kappa shape index (κ2) is 7.74. The molecule has 1 aromatic carbocycles. The van der Waals surface area contributed by atoms with Gasteiger partial charge < -0.3 is 20.6 Å². The van der Waals surface area contributed by atoms with Gasteiger partial charge in [-0.3, -0.25) is 4.79 Å². The molecule has 0 radical (unpaired) electrons. The van der Waals surface area contributed by atoms with Crippen LogP contribution in [-0.2, 0) is 0 Å². The van der Waals surface area contributed by atoms with E-state index in [9.17, 15) is 4.79 Å². The number of carbonyl (C=O) groups excluding carboxylic acids is 1. The number of benzene rings is 1. The fraction of sp³-hybridized carbons (Fsp3) is 0.385. The van der Waals surface area contributed by atoms with Crippen molar-refractivity contribution in [3.8, 4) is 5.75 Å². The third-order valence-electron chi connectivity index (χ3n) is 2.66. The Balaban J connectivity index is 2.96. The number of hydrogen-bond donors (Lipinski definition) is 2. The van der Waals surface area contributed by atoms with Crippen molar-refractivity contribution < 1.29 is 14.7 Å². The Labute approximate surface area is 126 Å². The predicted octanol–water partition coefficient (Wildman–Crippen LogP) is 2.06. The Hall–Kier alpha value is -1.76. The number of amides is 1. The van der Waals surface area contributed by atoms with Gasteiger partial charge in [0.1, 0.15) is 5.75 Å². The van der Waals surface area contributed by atoms with Crippen LogP contribution in [0, 0.1) is 0 Å². The standard InChI is InChI=1S/C13H18BrN3O3/c1-3-6-17(8-12(15)16-19)13(18)9-4-5-11(20-2)10(14)7-9/h4-5,7,19H,3,6,8H2,1-2H3,(H2,15,16). The van der Waals surface area contributed by atoms with Crippen LogP contribution in [0.2, 0.25) is 0 Å². The number of nitrogens with two attached hydrogens (primary N) is 1. The van der Waals surface area contributed by atoms with Gasteiger partial charge in [-0.15, -0.1) is 0 Å². The molecule has 0 aromatic heterocycles. The van der Waals surface area contributed by atoms with Crippen LogP contribution in [0.5, 0.6) is 5.75 Å². The van der Waals surface area contributed by atoms with Crippen LogP contribution in [0.15, 0.2) is 27.8 Å². The third-order valence-corrected chi connectivity index (χ3v) is 3.28. The average molecular weight is 344 g/mol. The molecule has 0 bridgehead atoms. The number of oxime groups is 1. The zero-order valence-corrected chi connectivity index (χ0v) is 13.1. The molecule has 0 aliphatic carbocycles. The molecule has 0 atom stereocenters. The first-order valence-corrected chi connectivity index (χ1v) is 6.92. The van der Waals surface area contributed by atoms with Gasteiger partial charge in [-0.1, -0.05) is 12.1 Å². The molecule has 1 aromatic rings. The summed E-state index contributed by atoms with van der Waals surface area (Å²) in [6.45, 7) is 2.57. The fourth-order valence-corrected chi connectivity index (χ4v) is 2.27. The molecule has 6 nitrogen and oxygen atoms in total. The molecule has 0 spiro atoms. The summed E-state index contributed by atoms with van der Waals surface area (Å²) in [6, 6.07) is 5.09. The molecule has 110 valence electrons. The van der Waals surface area contributed by atoms with Gasteiger partial charge in [0.15, 0.2) is 5.84 Å². The highest BCUT2D eigenvalue weighted by Gasteiger charge is 2.17. The highest BCUT2D eigenvalue weighted by atomic mass is 79.9. The van der Waals surface area contributed by atoms with Crippen LogP contribution in [-0.4, -0.2) is 42.0 Å². The van der Waals surface area contributed by atoms with Crippen molar-refractivity contribution >= 4 is 27.7 Å². The summed E-state index contributed by atoms with van der Waals surface area (Å²) in [5, 5.41) is 11.5. The van der Waals surface area contributed by atoms with E-state index in [4.69, 9.17) is 15.7 Å². The number of rotatable bonds is 6. The maximum atomic E-state index is 12.4. The molecule has 1 rings (SSSR count). The van der Waals surface area contributed by atoms with Crippen molar-refractivity contribution in [3.05, 3.63) is 28.2 Å². The third kappa shape index (κ3) is 4.12. The molecule has 0 saturated carbocycles. The van der Waals surface area contributed by atoms with Crippen molar-refractivity contribution in [1.82, 2.24) is 4.90 Å². The van der Waals surface area contributed by atoms with Crippen LogP contribution in [0.1, 0.15) is 23.7 Å². The monoisotopic (exact) mass is 343 g/mol. The topological polar surface area (TPSA) is 88.1 Å². The summed E-state index contributed by atoms with van der Waals surface area (Å²) in [4.78, 5) is 13.9. The number of nitrogens with zero attached hydrogens (tertiary/aromatic N) is 2. The quantitative estimate of drug-likeness (QED) is 0.358. The molecule has 0 unspecified atom stereocenters. The van der Waals surface area contributed by atoms with Crippen molar-refractivity contribution in [2.45, 2.75) is 13.3 Å². The minimum Gasteiger partial charge on any atom is -0.496 e. The van der Waals surface area contributed by atoms with E-state index in [2.05, 4.69) is 21.1 Å². The van der Waals surface area contributed by atoms with E-state index in [1.54, 1.807) is 25.3 Å².